The van der Waals surface area contributed by atoms with E-state index in [-0.39, 0.29) is 0 Å². The van der Waals surface area contributed by atoms with Gasteiger partial charge in [0.25, 0.3) is 0 Å². The van der Waals surface area contributed by atoms with Gasteiger partial charge in [-0.2, -0.15) is 5.26 Å². The Bertz CT molecular complexity index is 4180. The third-order valence-electron chi connectivity index (χ3n) is 14.8. The minimum absolute atomic E-state index is 0.551. The van der Waals surface area contributed by atoms with Gasteiger partial charge < -0.3 is 4.57 Å². The first kappa shape index (κ1) is 47.2. The highest BCUT2D eigenvalue weighted by Crippen LogP contribution is 2.41. The van der Waals surface area contributed by atoms with E-state index in [1.165, 1.54) is 20.7 Å². The van der Waals surface area contributed by atoms with Gasteiger partial charge in [0.05, 0.1) is 34.9 Å². The Hall–Kier alpha value is -10.6. The van der Waals surface area contributed by atoms with E-state index in [9.17, 15) is 5.26 Å². The molecular weight excluding hydrogens is 965 g/mol. The SMILES string of the molecule is [C-]#[N+]c1cccc(-c2ccc3c(c2)c2cc(-c4cccc(C#N)c4)ccc2n3-c2cc(-c3nc(-c4ccccc4)nc(-c4ccccc4)n3)ccc2-c2cccc([Si](c3ccccc3)(c3ccccc3)c3ccccc3)c2)c1. The van der Waals surface area contributed by atoms with Crippen molar-refractivity contribution in [3.63, 3.8) is 0 Å². The lowest BCUT2D eigenvalue weighted by molar-refractivity contribution is 1.07. The highest BCUT2D eigenvalue weighted by atomic mass is 28.3. The fourth-order valence-corrected chi connectivity index (χ4v) is 16.0. The van der Waals surface area contributed by atoms with E-state index in [1.54, 1.807) is 0 Å². The van der Waals surface area contributed by atoms with Crippen LogP contribution in [0.4, 0.5) is 5.69 Å². The smallest absolute Gasteiger partial charge is 0.187 e. The van der Waals surface area contributed by atoms with E-state index in [0.29, 0.717) is 28.7 Å². The minimum Gasteiger partial charge on any atom is -0.309 e. The molecule has 0 atom stereocenters. The molecule has 0 saturated carbocycles. The van der Waals surface area contributed by atoms with Crippen LogP contribution in [0.25, 0.3) is 99.9 Å². The summed E-state index contributed by atoms with van der Waals surface area (Å²) >= 11 is 0. The van der Waals surface area contributed by atoms with Crippen molar-refractivity contribution >= 4 is 56.3 Å². The Balaban J connectivity index is 1.11. The highest BCUT2D eigenvalue weighted by molar-refractivity contribution is 7.19. The molecule has 11 aromatic carbocycles. The third kappa shape index (κ3) is 8.53. The molecule has 0 saturated heterocycles. The van der Waals surface area contributed by atoms with Crippen LogP contribution in [-0.2, 0) is 0 Å². The number of rotatable bonds is 11. The molecule has 0 aliphatic carbocycles. The molecule has 0 aliphatic heterocycles. The first-order valence-corrected chi connectivity index (χ1v) is 27.9. The average Bonchev–Trinajstić information content (AvgIpc) is 3.96. The van der Waals surface area contributed by atoms with Crippen LogP contribution in [0.2, 0.25) is 0 Å². The van der Waals surface area contributed by atoms with Crippen molar-refractivity contribution in [1.82, 2.24) is 19.5 Å². The molecule has 7 heteroatoms. The van der Waals surface area contributed by atoms with Gasteiger partial charge in [-0.05, 0) is 97.1 Å². The summed E-state index contributed by atoms with van der Waals surface area (Å²) in [6.45, 7) is 7.83. The largest absolute Gasteiger partial charge is 0.309 e. The third-order valence-corrected chi connectivity index (χ3v) is 19.6. The molecule has 0 amide bonds. The molecule has 0 bridgehead atoms. The molecule has 13 aromatic rings. The average molecular weight is 1010 g/mol. The van der Waals surface area contributed by atoms with Crippen LogP contribution in [0.5, 0.6) is 0 Å². The fourth-order valence-electron chi connectivity index (χ4n) is 11.2. The summed E-state index contributed by atoms with van der Waals surface area (Å²) in [6.07, 6.45) is 0. The quantitative estimate of drug-likeness (QED) is 0.0735. The standard InChI is InChI=1S/C71H46N6Si/c1-73-58-28-18-26-53(43-58)55-38-41-67-65(46-55)64-45-54(52-25-17-20-49(42-52)48-72)37-40-66(64)77(67)68-47-57(71-75-69(50-21-7-2-8-22-50)74-70(76-71)51-23-9-3-10-24-51)36-39-63(68)56-27-19-35-62(44-56)78(59-29-11-4-12-30-59,60-31-13-5-14-32-60)61-33-15-6-16-34-61/h2-47H. The van der Waals surface area contributed by atoms with Gasteiger partial charge in [0.15, 0.2) is 31.2 Å². The topological polar surface area (TPSA) is 71.8 Å². The molecule has 2 aromatic heterocycles. The maximum absolute atomic E-state index is 9.95. The normalized spacial score (nSPS) is 11.3. The van der Waals surface area contributed by atoms with Crippen LogP contribution in [0, 0.1) is 17.9 Å². The number of hydrogen-bond acceptors (Lipinski definition) is 4. The van der Waals surface area contributed by atoms with Crippen molar-refractivity contribution in [3.8, 4) is 79.3 Å². The van der Waals surface area contributed by atoms with Gasteiger partial charge in [0.1, 0.15) is 0 Å². The number of nitriles is 1. The van der Waals surface area contributed by atoms with Gasteiger partial charge >= 0.3 is 0 Å². The molecule has 0 spiro atoms. The van der Waals surface area contributed by atoms with E-state index < -0.39 is 8.07 Å². The summed E-state index contributed by atoms with van der Waals surface area (Å²) in [5.41, 5.74) is 12.8. The molecule has 0 aliphatic rings. The Labute approximate surface area is 454 Å². The molecular formula is C71H46N6Si. The van der Waals surface area contributed by atoms with E-state index >= 15 is 0 Å². The predicted octanol–water partition coefficient (Wildman–Crippen LogP) is 14.8. The summed E-state index contributed by atoms with van der Waals surface area (Å²) < 4.78 is 2.39. The Kier molecular flexibility index (Phi) is 12.3. The number of aromatic nitrogens is 4. The second kappa shape index (κ2) is 20.3. The summed E-state index contributed by atoms with van der Waals surface area (Å²) in [4.78, 5) is 19.3. The zero-order chi connectivity index (χ0) is 52.4. The second-order valence-corrected chi connectivity index (χ2v) is 23.2. The Morgan fingerprint density at radius 2 is 0.782 bits per heavy atom. The molecule has 6 nitrogen and oxygen atoms in total. The van der Waals surface area contributed by atoms with E-state index in [0.717, 1.165) is 77.6 Å². The van der Waals surface area contributed by atoms with Gasteiger partial charge in [-0.25, -0.2) is 19.8 Å². The maximum atomic E-state index is 9.95. The van der Waals surface area contributed by atoms with Crippen molar-refractivity contribution in [3.05, 3.63) is 296 Å². The zero-order valence-electron chi connectivity index (χ0n) is 42.2. The van der Waals surface area contributed by atoms with Gasteiger partial charge in [0, 0.05) is 33.0 Å². The van der Waals surface area contributed by atoms with Gasteiger partial charge in [0.2, 0.25) is 0 Å². The van der Waals surface area contributed by atoms with E-state index in [1.807, 2.05) is 97.1 Å². The van der Waals surface area contributed by atoms with Gasteiger partial charge in [-0.3, -0.25) is 0 Å². The summed E-state index contributed by atoms with van der Waals surface area (Å²) in [6, 6.07) is 100. The summed E-state index contributed by atoms with van der Waals surface area (Å²) in [7, 11) is -2.94. The van der Waals surface area contributed by atoms with Gasteiger partial charge in [-0.1, -0.05) is 231 Å². The number of nitrogens with zero attached hydrogens (tertiary/aromatic N) is 6. The Morgan fingerprint density at radius 1 is 0.359 bits per heavy atom. The first-order chi connectivity index (χ1) is 38.5. The van der Waals surface area contributed by atoms with Crippen LogP contribution in [0.1, 0.15) is 5.56 Å². The monoisotopic (exact) mass is 1010 g/mol. The fraction of sp³-hybridized carbons (Fsp3) is 0. The predicted molar refractivity (Wildman–Crippen MR) is 321 cm³/mol. The van der Waals surface area contributed by atoms with Crippen LogP contribution >= 0.6 is 0 Å². The molecule has 0 unspecified atom stereocenters. The van der Waals surface area contributed by atoms with Crippen LogP contribution < -0.4 is 20.7 Å². The van der Waals surface area contributed by atoms with Crippen molar-refractivity contribution in [2.24, 2.45) is 0 Å². The highest BCUT2D eigenvalue weighted by Gasteiger charge is 2.41. The lowest BCUT2D eigenvalue weighted by Crippen LogP contribution is -2.74. The molecule has 0 radical (unpaired) electrons. The zero-order valence-corrected chi connectivity index (χ0v) is 43.2. The summed E-state index contributed by atoms with van der Waals surface area (Å²) in [5, 5.41) is 17.2. The maximum Gasteiger partial charge on any atom is 0.187 e. The van der Waals surface area contributed by atoms with Crippen LogP contribution in [0.3, 0.4) is 0 Å². The molecule has 2 heterocycles. The van der Waals surface area contributed by atoms with Crippen LogP contribution in [0.15, 0.2) is 279 Å². The van der Waals surface area contributed by atoms with Crippen molar-refractivity contribution < 1.29 is 0 Å². The lowest BCUT2D eigenvalue weighted by atomic mass is 9.99. The molecule has 364 valence electrons. The van der Waals surface area contributed by atoms with Crippen molar-refractivity contribution in [1.29, 1.82) is 5.26 Å². The number of fused-ring (bicyclic) bond motifs is 3. The van der Waals surface area contributed by atoms with Crippen molar-refractivity contribution in [2.45, 2.75) is 0 Å². The molecule has 13 rings (SSSR count). The van der Waals surface area contributed by atoms with Crippen molar-refractivity contribution in [2.75, 3.05) is 0 Å². The minimum atomic E-state index is -2.94. The first-order valence-electron chi connectivity index (χ1n) is 25.9. The van der Waals surface area contributed by atoms with E-state index in [2.05, 4.69) is 197 Å². The Morgan fingerprint density at radius 3 is 1.31 bits per heavy atom. The summed E-state index contributed by atoms with van der Waals surface area (Å²) in [5.74, 6) is 1.72. The number of hydrogen-bond donors (Lipinski definition) is 0. The molecule has 0 N–H and O–H groups in total. The van der Waals surface area contributed by atoms with Gasteiger partial charge in [-0.15, -0.1) is 0 Å². The number of benzene rings is 11. The molecule has 0 fully saturated rings. The van der Waals surface area contributed by atoms with E-state index in [4.69, 9.17) is 21.5 Å². The lowest BCUT2D eigenvalue weighted by Gasteiger charge is -2.34. The molecule has 78 heavy (non-hydrogen) atoms. The van der Waals surface area contributed by atoms with Crippen LogP contribution in [-0.4, -0.2) is 27.6 Å². The second-order valence-electron chi connectivity index (χ2n) is 19.4.